The predicted molar refractivity (Wildman–Crippen MR) is 190 cm³/mol. The third-order valence-corrected chi connectivity index (χ3v) is 8.37. The standard InChI is InChI=1S/C40H74O4/c1-3-5-7-9-11-13-15-17-19-21-23-25-27-29-31-33-37-43-39(41)35-36-40(42)44-38-34-32-30-28-26-24-22-20-18-16-14-12-10-8-6-4-2/h17-20H,3-16,21-38H2,1-2H3. The lowest BCUT2D eigenvalue weighted by Crippen LogP contribution is -2.11. The SMILES string of the molecule is CCCCCCCCC=CCCCCCCCCOC(=O)CCC(=O)OCCCCCCCCC=CCCCCCCCC. The van der Waals surface area contributed by atoms with Crippen LogP contribution >= 0.6 is 0 Å². The molecule has 0 radical (unpaired) electrons. The Hall–Kier alpha value is -1.58. The normalized spacial score (nSPS) is 11.6. The van der Waals surface area contributed by atoms with Gasteiger partial charge in [-0.3, -0.25) is 9.59 Å². The Kier molecular flexibility index (Phi) is 36.3. The molecule has 0 unspecified atom stereocenters. The van der Waals surface area contributed by atoms with Gasteiger partial charge in [0.2, 0.25) is 0 Å². The van der Waals surface area contributed by atoms with Crippen molar-refractivity contribution in [3.63, 3.8) is 0 Å². The van der Waals surface area contributed by atoms with Crippen LogP contribution in [0.25, 0.3) is 0 Å². The third kappa shape index (κ3) is 36.6. The van der Waals surface area contributed by atoms with Gasteiger partial charge < -0.3 is 9.47 Å². The van der Waals surface area contributed by atoms with Crippen LogP contribution in [0.1, 0.15) is 206 Å². The van der Waals surface area contributed by atoms with Crippen LogP contribution in [-0.4, -0.2) is 25.2 Å². The summed E-state index contributed by atoms with van der Waals surface area (Å²) in [5.74, 6) is -0.570. The first-order valence-corrected chi connectivity index (χ1v) is 19.3. The maximum absolute atomic E-state index is 11.9. The van der Waals surface area contributed by atoms with Crippen molar-refractivity contribution in [1.29, 1.82) is 0 Å². The second kappa shape index (κ2) is 37.6. The molecule has 0 saturated heterocycles. The van der Waals surface area contributed by atoms with Crippen LogP contribution in [0.3, 0.4) is 0 Å². The van der Waals surface area contributed by atoms with Crippen molar-refractivity contribution in [2.75, 3.05) is 13.2 Å². The molecule has 0 aliphatic rings. The maximum Gasteiger partial charge on any atom is 0.306 e. The average Bonchev–Trinajstić information content (AvgIpc) is 3.03. The Morgan fingerprint density at radius 3 is 0.909 bits per heavy atom. The molecule has 0 saturated carbocycles. The molecule has 0 bridgehead atoms. The summed E-state index contributed by atoms with van der Waals surface area (Å²) in [7, 11) is 0. The second-order valence-corrected chi connectivity index (χ2v) is 12.8. The van der Waals surface area contributed by atoms with Gasteiger partial charge in [-0.2, -0.15) is 0 Å². The van der Waals surface area contributed by atoms with Gasteiger partial charge in [-0.05, 0) is 64.2 Å². The molecule has 4 nitrogen and oxygen atoms in total. The summed E-state index contributed by atoms with van der Waals surface area (Å²) in [6.45, 7) is 5.46. The minimum absolute atomic E-state index is 0.124. The van der Waals surface area contributed by atoms with Gasteiger partial charge in [0.25, 0.3) is 0 Å². The van der Waals surface area contributed by atoms with Crippen LogP contribution < -0.4 is 0 Å². The van der Waals surface area contributed by atoms with Crippen LogP contribution in [0.2, 0.25) is 0 Å². The molecular weight excluding hydrogens is 544 g/mol. The number of hydrogen-bond donors (Lipinski definition) is 0. The Labute approximate surface area is 274 Å². The molecule has 4 heteroatoms. The van der Waals surface area contributed by atoms with Crippen LogP contribution in [0.15, 0.2) is 24.3 Å². The van der Waals surface area contributed by atoms with E-state index in [0.29, 0.717) is 13.2 Å². The van der Waals surface area contributed by atoms with Gasteiger partial charge >= 0.3 is 11.9 Å². The van der Waals surface area contributed by atoms with E-state index in [0.717, 1.165) is 25.7 Å². The van der Waals surface area contributed by atoms with E-state index in [9.17, 15) is 9.59 Å². The van der Waals surface area contributed by atoms with Crippen molar-refractivity contribution in [3.8, 4) is 0 Å². The topological polar surface area (TPSA) is 52.6 Å². The number of hydrogen-bond acceptors (Lipinski definition) is 4. The largest absolute Gasteiger partial charge is 0.466 e. The zero-order valence-electron chi connectivity index (χ0n) is 29.6. The van der Waals surface area contributed by atoms with E-state index in [1.807, 2.05) is 0 Å². The molecule has 0 aliphatic carbocycles. The molecule has 0 rings (SSSR count). The lowest BCUT2D eigenvalue weighted by molar-refractivity contribution is -0.150. The molecule has 0 aliphatic heterocycles. The van der Waals surface area contributed by atoms with Crippen LogP contribution in [0.5, 0.6) is 0 Å². The fourth-order valence-electron chi connectivity index (χ4n) is 5.42. The van der Waals surface area contributed by atoms with Crippen LogP contribution in [0.4, 0.5) is 0 Å². The zero-order chi connectivity index (χ0) is 32.0. The number of rotatable bonds is 35. The molecule has 0 aromatic rings. The van der Waals surface area contributed by atoms with Crippen molar-refractivity contribution < 1.29 is 19.1 Å². The van der Waals surface area contributed by atoms with Crippen LogP contribution in [0, 0.1) is 0 Å². The summed E-state index contributed by atoms with van der Waals surface area (Å²) in [4.78, 5) is 23.8. The van der Waals surface area contributed by atoms with E-state index in [1.165, 1.54) is 154 Å². The molecule has 0 aromatic carbocycles. The maximum atomic E-state index is 11.9. The number of carbonyl (C=O) groups is 2. The van der Waals surface area contributed by atoms with Crippen molar-refractivity contribution in [1.82, 2.24) is 0 Å². The highest BCUT2D eigenvalue weighted by molar-refractivity contribution is 5.77. The summed E-state index contributed by atoms with van der Waals surface area (Å²) in [6.07, 6.45) is 45.1. The van der Waals surface area contributed by atoms with Gasteiger partial charge in [-0.15, -0.1) is 0 Å². The van der Waals surface area contributed by atoms with E-state index < -0.39 is 0 Å². The van der Waals surface area contributed by atoms with Crippen molar-refractivity contribution >= 4 is 11.9 Å². The quantitative estimate of drug-likeness (QED) is 0.0403. The third-order valence-electron chi connectivity index (χ3n) is 8.37. The van der Waals surface area contributed by atoms with Gasteiger partial charge in [-0.25, -0.2) is 0 Å². The van der Waals surface area contributed by atoms with E-state index >= 15 is 0 Å². The molecule has 0 aromatic heterocycles. The van der Waals surface area contributed by atoms with E-state index in [-0.39, 0.29) is 24.8 Å². The Morgan fingerprint density at radius 1 is 0.364 bits per heavy atom. The minimum Gasteiger partial charge on any atom is -0.466 e. The highest BCUT2D eigenvalue weighted by atomic mass is 16.5. The summed E-state index contributed by atoms with van der Waals surface area (Å²) in [6, 6.07) is 0. The predicted octanol–water partition coefficient (Wildman–Crippen LogP) is 12.9. The molecule has 44 heavy (non-hydrogen) atoms. The Morgan fingerprint density at radius 2 is 0.614 bits per heavy atom. The lowest BCUT2D eigenvalue weighted by Gasteiger charge is -2.06. The lowest BCUT2D eigenvalue weighted by atomic mass is 10.1. The smallest absolute Gasteiger partial charge is 0.306 e. The number of ether oxygens (including phenoxy) is 2. The first kappa shape index (κ1) is 42.4. The fourth-order valence-corrected chi connectivity index (χ4v) is 5.42. The molecule has 0 fully saturated rings. The molecule has 258 valence electrons. The van der Waals surface area contributed by atoms with Crippen molar-refractivity contribution in [3.05, 3.63) is 24.3 Å². The number of allylic oxidation sites excluding steroid dienone is 4. The van der Waals surface area contributed by atoms with Crippen LogP contribution in [-0.2, 0) is 19.1 Å². The van der Waals surface area contributed by atoms with Gasteiger partial charge in [0, 0.05) is 0 Å². The Bertz CT molecular complexity index is 598. The monoisotopic (exact) mass is 619 g/mol. The average molecular weight is 619 g/mol. The van der Waals surface area contributed by atoms with E-state index in [4.69, 9.17) is 9.47 Å². The Balaban J connectivity index is 3.33. The van der Waals surface area contributed by atoms with Gasteiger partial charge in [-0.1, -0.05) is 154 Å². The number of esters is 2. The van der Waals surface area contributed by atoms with Gasteiger partial charge in [0.15, 0.2) is 0 Å². The van der Waals surface area contributed by atoms with E-state index in [2.05, 4.69) is 38.2 Å². The molecule has 0 N–H and O–H groups in total. The summed E-state index contributed by atoms with van der Waals surface area (Å²) >= 11 is 0. The zero-order valence-corrected chi connectivity index (χ0v) is 29.6. The first-order chi connectivity index (χ1) is 21.7. The first-order valence-electron chi connectivity index (χ1n) is 19.3. The second-order valence-electron chi connectivity index (χ2n) is 12.8. The van der Waals surface area contributed by atoms with E-state index in [1.54, 1.807) is 0 Å². The minimum atomic E-state index is -0.285. The summed E-state index contributed by atoms with van der Waals surface area (Å²) < 4.78 is 10.6. The molecular formula is C40H74O4. The summed E-state index contributed by atoms with van der Waals surface area (Å²) in [5.41, 5.74) is 0. The highest BCUT2D eigenvalue weighted by Crippen LogP contribution is 2.12. The molecule has 0 heterocycles. The number of carbonyl (C=O) groups excluding carboxylic acids is 2. The van der Waals surface area contributed by atoms with Crippen molar-refractivity contribution in [2.24, 2.45) is 0 Å². The number of unbranched alkanes of at least 4 members (excludes halogenated alkanes) is 24. The molecule has 0 amide bonds. The molecule has 0 spiro atoms. The van der Waals surface area contributed by atoms with Gasteiger partial charge in [0.1, 0.15) is 0 Å². The fraction of sp³-hybridized carbons (Fsp3) is 0.850. The summed E-state index contributed by atoms with van der Waals surface area (Å²) in [5, 5.41) is 0. The molecule has 0 atom stereocenters. The van der Waals surface area contributed by atoms with Gasteiger partial charge in [0.05, 0.1) is 26.1 Å². The van der Waals surface area contributed by atoms with Crippen molar-refractivity contribution in [2.45, 2.75) is 206 Å². The highest BCUT2D eigenvalue weighted by Gasteiger charge is 2.09.